The number of pyridine rings is 1. The molecule has 1 aliphatic rings. The number of carbonyl (C=O) groups is 1. The van der Waals surface area contributed by atoms with Gasteiger partial charge in [0.1, 0.15) is 5.56 Å². The van der Waals surface area contributed by atoms with Crippen molar-refractivity contribution in [1.29, 1.82) is 0 Å². The number of para-hydroxylation sites is 1. The van der Waals surface area contributed by atoms with Gasteiger partial charge in [-0.05, 0) is 31.9 Å². The molecule has 2 aromatic rings. The van der Waals surface area contributed by atoms with Gasteiger partial charge in [0.2, 0.25) is 5.43 Å². The van der Waals surface area contributed by atoms with Gasteiger partial charge in [0.05, 0.1) is 5.52 Å². The molecular weight excluding hydrogens is 230 g/mol. The lowest BCUT2D eigenvalue weighted by Gasteiger charge is -2.18. The summed E-state index contributed by atoms with van der Waals surface area (Å²) in [6, 6.07) is 7.18. The van der Waals surface area contributed by atoms with Gasteiger partial charge in [-0.15, -0.1) is 0 Å². The Morgan fingerprint density at radius 2 is 2.00 bits per heavy atom. The van der Waals surface area contributed by atoms with Crippen molar-refractivity contribution in [2.24, 2.45) is 0 Å². The number of benzene rings is 1. The zero-order valence-corrected chi connectivity index (χ0v) is 10.0. The van der Waals surface area contributed by atoms with Crippen LogP contribution in [-0.4, -0.2) is 15.6 Å². The molecule has 1 aromatic carbocycles. The lowest BCUT2D eigenvalue weighted by Crippen LogP contribution is -2.23. The van der Waals surface area contributed by atoms with Crippen LogP contribution in [0.1, 0.15) is 30.1 Å². The van der Waals surface area contributed by atoms with Crippen LogP contribution < -0.4 is 5.43 Å². The monoisotopic (exact) mass is 243 g/mol. The number of nitrogens with zero attached hydrogens (tertiary/aromatic N) is 1. The first-order valence-electron chi connectivity index (χ1n) is 5.91. The molecule has 0 atom stereocenters. The van der Waals surface area contributed by atoms with Crippen LogP contribution in [0.25, 0.3) is 10.9 Å². The molecule has 1 aliphatic carbocycles. The Bertz CT molecular complexity index is 711. The predicted molar refractivity (Wildman–Crippen MR) is 68.0 cm³/mol. The topological polar surface area (TPSA) is 59.3 Å². The van der Waals surface area contributed by atoms with E-state index in [9.17, 15) is 9.59 Å². The van der Waals surface area contributed by atoms with Crippen LogP contribution in [-0.2, 0) is 5.54 Å². The summed E-state index contributed by atoms with van der Waals surface area (Å²) in [5.74, 6) is -1.16. The molecule has 1 N–H and O–H groups in total. The molecule has 3 rings (SSSR count). The van der Waals surface area contributed by atoms with Crippen LogP contribution in [0.15, 0.2) is 35.3 Å². The van der Waals surface area contributed by atoms with Crippen molar-refractivity contribution in [1.82, 2.24) is 4.57 Å². The number of fused-ring (bicyclic) bond motifs is 1. The third kappa shape index (κ3) is 1.45. The van der Waals surface area contributed by atoms with E-state index in [1.807, 2.05) is 16.7 Å². The smallest absolute Gasteiger partial charge is 0.341 e. The van der Waals surface area contributed by atoms with Crippen molar-refractivity contribution >= 4 is 16.9 Å². The van der Waals surface area contributed by atoms with Crippen molar-refractivity contribution in [3.8, 4) is 0 Å². The van der Waals surface area contributed by atoms with Crippen LogP contribution in [0.5, 0.6) is 0 Å². The number of rotatable bonds is 2. The molecule has 0 unspecified atom stereocenters. The number of carboxylic acid groups (broad SMARTS) is 1. The standard InChI is InChI=1S/C14H13NO3/c1-14(6-7-14)15-8-10(13(17)18)12(16)9-4-2-3-5-11(9)15/h2-5,8H,6-7H2,1H3,(H,17,18). The van der Waals surface area contributed by atoms with Gasteiger partial charge in [0.15, 0.2) is 0 Å². The van der Waals surface area contributed by atoms with E-state index in [2.05, 4.69) is 6.92 Å². The van der Waals surface area contributed by atoms with E-state index in [1.165, 1.54) is 6.20 Å². The highest BCUT2D eigenvalue weighted by molar-refractivity contribution is 5.92. The number of hydrogen-bond donors (Lipinski definition) is 1. The zero-order chi connectivity index (χ0) is 12.9. The summed E-state index contributed by atoms with van der Waals surface area (Å²) in [4.78, 5) is 23.2. The lowest BCUT2D eigenvalue weighted by atomic mass is 10.1. The minimum absolute atomic E-state index is 0.0441. The molecule has 0 saturated heterocycles. The second-order valence-electron chi connectivity index (χ2n) is 5.06. The SMILES string of the molecule is CC1(n2cc(C(=O)O)c(=O)c3ccccc32)CC1. The number of hydrogen-bond acceptors (Lipinski definition) is 2. The first-order valence-corrected chi connectivity index (χ1v) is 5.91. The maximum Gasteiger partial charge on any atom is 0.341 e. The molecule has 1 saturated carbocycles. The Morgan fingerprint density at radius 1 is 1.33 bits per heavy atom. The number of aromatic nitrogens is 1. The van der Waals surface area contributed by atoms with Crippen LogP contribution in [0.2, 0.25) is 0 Å². The molecule has 4 nitrogen and oxygen atoms in total. The van der Waals surface area contributed by atoms with Gasteiger partial charge in [-0.25, -0.2) is 4.79 Å². The first-order chi connectivity index (χ1) is 8.53. The minimum Gasteiger partial charge on any atom is -0.477 e. The van der Waals surface area contributed by atoms with Gasteiger partial charge in [-0.1, -0.05) is 12.1 Å². The second kappa shape index (κ2) is 3.45. The molecule has 1 fully saturated rings. The molecule has 0 spiro atoms. The van der Waals surface area contributed by atoms with Crippen LogP contribution in [0, 0.1) is 0 Å². The lowest BCUT2D eigenvalue weighted by molar-refractivity contribution is 0.0694. The molecule has 0 aliphatic heterocycles. The van der Waals surface area contributed by atoms with Gasteiger partial charge in [-0.2, -0.15) is 0 Å². The Balaban J connectivity index is 2.45. The van der Waals surface area contributed by atoms with E-state index in [-0.39, 0.29) is 11.1 Å². The summed E-state index contributed by atoms with van der Waals surface area (Å²) in [6.45, 7) is 2.08. The molecule has 1 heterocycles. The van der Waals surface area contributed by atoms with E-state index >= 15 is 0 Å². The molecule has 92 valence electrons. The van der Waals surface area contributed by atoms with Gasteiger partial charge in [0.25, 0.3) is 0 Å². The number of aromatic carboxylic acids is 1. The van der Waals surface area contributed by atoms with Gasteiger partial charge < -0.3 is 9.67 Å². The fourth-order valence-electron chi connectivity index (χ4n) is 2.30. The summed E-state index contributed by atoms with van der Waals surface area (Å²) in [5.41, 5.74) is 0.213. The summed E-state index contributed by atoms with van der Waals surface area (Å²) >= 11 is 0. The predicted octanol–water partition coefficient (Wildman–Crippen LogP) is 2.21. The molecule has 4 heteroatoms. The fourth-order valence-corrected chi connectivity index (χ4v) is 2.30. The van der Waals surface area contributed by atoms with Gasteiger partial charge in [-0.3, -0.25) is 4.79 Å². The highest BCUT2D eigenvalue weighted by Crippen LogP contribution is 2.44. The summed E-state index contributed by atoms with van der Waals surface area (Å²) in [6.07, 6.45) is 3.51. The quantitative estimate of drug-likeness (QED) is 0.879. The zero-order valence-electron chi connectivity index (χ0n) is 10.0. The van der Waals surface area contributed by atoms with E-state index in [1.54, 1.807) is 12.1 Å². The molecule has 0 amide bonds. The molecule has 0 radical (unpaired) electrons. The Morgan fingerprint density at radius 3 is 2.61 bits per heavy atom. The second-order valence-corrected chi connectivity index (χ2v) is 5.06. The first kappa shape index (κ1) is 11.0. The van der Waals surface area contributed by atoms with Crippen molar-refractivity contribution in [3.05, 3.63) is 46.2 Å². The third-order valence-corrected chi connectivity index (χ3v) is 3.70. The van der Waals surface area contributed by atoms with Crippen molar-refractivity contribution in [2.45, 2.75) is 25.3 Å². The Labute approximate surface area is 103 Å². The Kier molecular flexibility index (Phi) is 2.11. The summed E-state index contributed by atoms with van der Waals surface area (Å²) in [5, 5.41) is 9.60. The highest BCUT2D eigenvalue weighted by atomic mass is 16.4. The Hall–Kier alpha value is -2.10. The van der Waals surface area contributed by atoms with E-state index < -0.39 is 11.4 Å². The van der Waals surface area contributed by atoms with Gasteiger partial charge in [0, 0.05) is 17.1 Å². The van der Waals surface area contributed by atoms with Gasteiger partial charge >= 0.3 is 5.97 Å². The van der Waals surface area contributed by atoms with Crippen LogP contribution >= 0.6 is 0 Å². The maximum atomic E-state index is 12.1. The van der Waals surface area contributed by atoms with E-state index in [0.29, 0.717) is 5.39 Å². The van der Waals surface area contributed by atoms with Crippen LogP contribution in [0.4, 0.5) is 0 Å². The van der Waals surface area contributed by atoms with E-state index in [4.69, 9.17) is 5.11 Å². The largest absolute Gasteiger partial charge is 0.477 e. The molecular formula is C14H13NO3. The fraction of sp³-hybridized carbons (Fsp3) is 0.286. The average molecular weight is 243 g/mol. The minimum atomic E-state index is -1.16. The average Bonchev–Trinajstić information content (AvgIpc) is 3.08. The van der Waals surface area contributed by atoms with Crippen molar-refractivity contribution in [2.75, 3.05) is 0 Å². The normalized spacial score (nSPS) is 16.7. The van der Waals surface area contributed by atoms with Crippen molar-refractivity contribution in [3.63, 3.8) is 0 Å². The third-order valence-electron chi connectivity index (χ3n) is 3.70. The summed E-state index contributed by atoms with van der Waals surface area (Å²) in [7, 11) is 0. The number of carboxylic acids is 1. The highest BCUT2D eigenvalue weighted by Gasteiger charge is 2.40. The maximum absolute atomic E-state index is 12.1. The molecule has 1 aromatic heterocycles. The summed E-state index contributed by atoms with van der Waals surface area (Å²) < 4.78 is 1.94. The molecule has 0 bridgehead atoms. The van der Waals surface area contributed by atoms with E-state index in [0.717, 1.165) is 18.4 Å². The van der Waals surface area contributed by atoms with Crippen LogP contribution in [0.3, 0.4) is 0 Å². The van der Waals surface area contributed by atoms with Crippen molar-refractivity contribution < 1.29 is 9.90 Å². The molecule has 18 heavy (non-hydrogen) atoms.